The summed E-state index contributed by atoms with van der Waals surface area (Å²) >= 11 is 0. The minimum absolute atomic E-state index is 0.0380. The van der Waals surface area contributed by atoms with E-state index in [1.807, 2.05) is 24.3 Å². The summed E-state index contributed by atoms with van der Waals surface area (Å²) < 4.78 is 31.0. The first-order valence-corrected chi connectivity index (χ1v) is 15.5. The lowest BCUT2D eigenvalue weighted by Gasteiger charge is -2.37. The predicted octanol–water partition coefficient (Wildman–Crippen LogP) is 6.86. The third-order valence-corrected chi connectivity index (χ3v) is 9.64. The van der Waals surface area contributed by atoms with Crippen molar-refractivity contribution in [2.75, 3.05) is 48.5 Å². The van der Waals surface area contributed by atoms with E-state index >= 15 is 0 Å². The molecule has 0 aromatic heterocycles. The van der Waals surface area contributed by atoms with E-state index in [0.717, 1.165) is 49.0 Å². The van der Waals surface area contributed by atoms with Crippen molar-refractivity contribution < 1.29 is 28.8 Å². The zero-order chi connectivity index (χ0) is 31.2. The molecule has 0 radical (unpaired) electrons. The van der Waals surface area contributed by atoms with Crippen molar-refractivity contribution in [3.05, 3.63) is 94.0 Å². The van der Waals surface area contributed by atoms with E-state index in [4.69, 9.17) is 23.7 Å². The predicted molar refractivity (Wildman–Crippen MR) is 173 cm³/mol. The molecule has 0 saturated carbocycles. The summed E-state index contributed by atoms with van der Waals surface area (Å²) in [6.07, 6.45) is 3.25. The lowest BCUT2D eigenvalue weighted by atomic mass is 9.87. The van der Waals surface area contributed by atoms with Gasteiger partial charge in [0.1, 0.15) is 5.75 Å². The van der Waals surface area contributed by atoms with Crippen molar-refractivity contribution in [1.29, 1.82) is 0 Å². The highest BCUT2D eigenvalue weighted by Crippen LogP contribution is 2.52. The second-order valence-corrected chi connectivity index (χ2v) is 12.3. The highest BCUT2D eigenvalue weighted by Gasteiger charge is 2.34. The number of aromatic hydroxyl groups is 1. The first kappa shape index (κ1) is 29.3. The Hall–Kier alpha value is -4.40. The largest absolute Gasteiger partial charge is 0.504 e. The molecular formula is C37H40N2O6. The Kier molecular flexibility index (Phi) is 7.71. The molecule has 0 aliphatic carbocycles. The van der Waals surface area contributed by atoms with E-state index in [1.165, 1.54) is 16.7 Å². The van der Waals surface area contributed by atoms with Gasteiger partial charge < -0.3 is 28.8 Å². The van der Waals surface area contributed by atoms with Gasteiger partial charge in [0, 0.05) is 30.7 Å². The summed E-state index contributed by atoms with van der Waals surface area (Å²) in [5, 5.41) is 10.7. The maximum absolute atomic E-state index is 10.7. The van der Waals surface area contributed by atoms with Crippen LogP contribution >= 0.6 is 0 Å². The van der Waals surface area contributed by atoms with E-state index in [2.05, 4.69) is 54.2 Å². The summed E-state index contributed by atoms with van der Waals surface area (Å²) in [5.41, 5.74) is 6.94. The molecule has 10 rings (SSSR count). The second-order valence-electron chi connectivity index (χ2n) is 12.3. The van der Waals surface area contributed by atoms with Gasteiger partial charge in [-0.05, 0) is 110 Å². The van der Waals surface area contributed by atoms with Crippen molar-refractivity contribution >= 4 is 0 Å². The lowest BCUT2D eigenvalue weighted by molar-refractivity contribution is 0.220. The number of phenols is 1. The van der Waals surface area contributed by atoms with Crippen LogP contribution in [0.4, 0.5) is 0 Å². The smallest absolute Gasteiger partial charge is 0.204 e. The Morgan fingerprint density at radius 1 is 0.689 bits per heavy atom. The van der Waals surface area contributed by atoms with Gasteiger partial charge in [-0.3, -0.25) is 9.80 Å². The molecule has 8 heteroatoms. The van der Waals surface area contributed by atoms with Crippen molar-refractivity contribution in [3.63, 3.8) is 0 Å². The molecule has 45 heavy (non-hydrogen) atoms. The van der Waals surface area contributed by atoms with Crippen LogP contribution in [-0.4, -0.2) is 63.4 Å². The fourth-order valence-corrected chi connectivity index (χ4v) is 7.11. The van der Waals surface area contributed by atoms with E-state index in [9.17, 15) is 5.11 Å². The van der Waals surface area contributed by atoms with Crippen LogP contribution in [0.5, 0.6) is 46.0 Å². The van der Waals surface area contributed by atoms with Crippen LogP contribution in [-0.2, 0) is 25.7 Å². The molecule has 1 N–H and O–H groups in total. The van der Waals surface area contributed by atoms with Crippen LogP contribution in [0.25, 0.3) is 0 Å². The number of benzene rings is 4. The number of rotatable bonds is 3. The Morgan fingerprint density at radius 3 is 2.11 bits per heavy atom. The van der Waals surface area contributed by atoms with E-state index in [1.54, 1.807) is 27.4 Å². The molecule has 2 unspecified atom stereocenters. The molecule has 234 valence electrons. The van der Waals surface area contributed by atoms with Gasteiger partial charge in [-0.25, -0.2) is 0 Å². The molecule has 0 saturated heterocycles. The molecule has 4 aromatic rings. The molecule has 6 heterocycles. The van der Waals surface area contributed by atoms with E-state index in [-0.39, 0.29) is 17.8 Å². The van der Waals surface area contributed by atoms with E-state index in [0.29, 0.717) is 46.7 Å². The van der Waals surface area contributed by atoms with Crippen LogP contribution in [0, 0.1) is 0 Å². The monoisotopic (exact) mass is 608 g/mol. The van der Waals surface area contributed by atoms with Crippen molar-refractivity contribution in [3.8, 4) is 46.0 Å². The number of hydrogen-bond acceptors (Lipinski definition) is 8. The highest BCUT2D eigenvalue weighted by molar-refractivity contribution is 5.63. The minimum Gasteiger partial charge on any atom is -0.504 e. The zero-order valence-corrected chi connectivity index (χ0v) is 26.6. The first-order valence-electron chi connectivity index (χ1n) is 15.5. The van der Waals surface area contributed by atoms with Crippen LogP contribution in [0.1, 0.15) is 45.5 Å². The SMILES string of the molecule is COc1cc2c3cc1Oc1c(OC)c(OC)cc4c1C(Cc1ccc(O)c(c1)Oc1ccc(cc1)CC2N(C)CC3)N(C)CC4. The zero-order valence-electron chi connectivity index (χ0n) is 26.6. The number of ether oxygens (including phenoxy) is 5. The highest BCUT2D eigenvalue weighted by atomic mass is 16.5. The van der Waals surface area contributed by atoms with Gasteiger partial charge in [-0.15, -0.1) is 0 Å². The summed E-state index contributed by atoms with van der Waals surface area (Å²) in [4.78, 5) is 4.75. The molecule has 4 aromatic carbocycles. The number of phenolic OH excluding ortho intramolecular Hbond substituents is 1. The summed E-state index contributed by atoms with van der Waals surface area (Å²) in [7, 11) is 9.33. The summed E-state index contributed by atoms with van der Waals surface area (Å²) in [5.74, 6) is 4.37. The maximum Gasteiger partial charge on any atom is 0.204 e. The van der Waals surface area contributed by atoms with Crippen LogP contribution < -0.4 is 23.7 Å². The van der Waals surface area contributed by atoms with Crippen molar-refractivity contribution in [2.45, 2.75) is 37.8 Å². The normalized spacial score (nSPS) is 19.4. The fraction of sp³-hybridized carbons (Fsp3) is 0.351. The average Bonchev–Trinajstić information content (AvgIpc) is 3.05. The Balaban J connectivity index is 1.46. The van der Waals surface area contributed by atoms with Gasteiger partial charge in [0.05, 0.1) is 21.3 Å². The third-order valence-electron chi connectivity index (χ3n) is 9.64. The Bertz CT molecular complexity index is 1740. The molecule has 0 fully saturated rings. The summed E-state index contributed by atoms with van der Waals surface area (Å²) in [6, 6.07) is 20.3. The van der Waals surface area contributed by atoms with Gasteiger partial charge in [0.25, 0.3) is 0 Å². The van der Waals surface area contributed by atoms with Gasteiger partial charge in [0.15, 0.2) is 34.5 Å². The Labute approximate surface area is 264 Å². The van der Waals surface area contributed by atoms with Crippen molar-refractivity contribution in [2.24, 2.45) is 0 Å². The third kappa shape index (κ3) is 5.32. The molecule has 0 spiro atoms. The van der Waals surface area contributed by atoms with Crippen LogP contribution in [0.2, 0.25) is 0 Å². The minimum atomic E-state index is -0.0380. The molecule has 8 nitrogen and oxygen atoms in total. The fourth-order valence-electron chi connectivity index (χ4n) is 7.11. The lowest BCUT2D eigenvalue weighted by Crippen LogP contribution is -2.34. The quantitative estimate of drug-likeness (QED) is 0.271. The van der Waals surface area contributed by atoms with Gasteiger partial charge in [-0.1, -0.05) is 18.2 Å². The standard InChI is InChI=1S/C37H40N2O6/c1-38-14-12-24-19-33-32(41-3)21-27(24)28(38)16-22-6-9-26(10-7-22)44-31-18-23(8-11-30(31)40)17-29-35-25(13-15-39(29)2)20-34(42-4)36(43-5)37(35)45-33/h6-11,18-21,28-29,40H,12-17H2,1-5H3. The molecular weight excluding hydrogens is 568 g/mol. The molecule has 6 aliphatic rings. The molecule has 0 amide bonds. The molecule has 2 atom stereocenters. The number of likely N-dealkylation sites (N-methyl/N-ethyl adjacent to an activating group) is 2. The second kappa shape index (κ2) is 11.8. The van der Waals surface area contributed by atoms with Gasteiger partial charge in [0.2, 0.25) is 5.75 Å². The topological polar surface area (TPSA) is 72.9 Å². The van der Waals surface area contributed by atoms with Gasteiger partial charge in [-0.2, -0.15) is 0 Å². The molecule has 8 bridgehead atoms. The average molecular weight is 609 g/mol. The van der Waals surface area contributed by atoms with Crippen molar-refractivity contribution in [1.82, 2.24) is 9.80 Å². The maximum atomic E-state index is 10.7. The number of methoxy groups -OCH3 is 3. The van der Waals surface area contributed by atoms with Crippen LogP contribution in [0.3, 0.4) is 0 Å². The van der Waals surface area contributed by atoms with E-state index < -0.39 is 0 Å². The number of hydrogen-bond donors (Lipinski definition) is 1. The first-order chi connectivity index (χ1) is 21.9. The molecule has 6 aliphatic heterocycles. The van der Waals surface area contributed by atoms with Crippen LogP contribution in [0.15, 0.2) is 60.7 Å². The number of nitrogens with zero attached hydrogens (tertiary/aromatic N) is 2. The van der Waals surface area contributed by atoms with Gasteiger partial charge >= 0.3 is 0 Å². The summed E-state index contributed by atoms with van der Waals surface area (Å²) in [6.45, 7) is 1.81. The Morgan fingerprint density at radius 2 is 1.38 bits per heavy atom.